The SMILES string of the molecule is O=CCSc1ccccn1. The molecule has 10 heavy (non-hydrogen) atoms. The van der Waals surface area contributed by atoms with Crippen molar-refractivity contribution < 1.29 is 4.79 Å². The molecule has 1 aromatic heterocycles. The quantitative estimate of drug-likeness (QED) is 0.485. The second-order valence-electron chi connectivity index (χ2n) is 1.65. The lowest BCUT2D eigenvalue weighted by molar-refractivity contribution is -0.105. The average molecular weight is 153 g/mol. The highest BCUT2D eigenvalue weighted by molar-refractivity contribution is 7.99. The third-order valence-electron chi connectivity index (χ3n) is 0.937. The Labute approximate surface area is 63.7 Å². The maximum Gasteiger partial charge on any atom is 0.130 e. The molecule has 0 aliphatic rings. The van der Waals surface area contributed by atoms with Crippen molar-refractivity contribution in [1.29, 1.82) is 0 Å². The summed E-state index contributed by atoms with van der Waals surface area (Å²) in [6, 6.07) is 5.64. The standard InChI is InChI=1S/C7H7NOS/c9-5-6-10-7-3-1-2-4-8-7/h1-5H,6H2. The van der Waals surface area contributed by atoms with E-state index in [1.807, 2.05) is 18.2 Å². The van der Waals surface area contributed by atoms with Crippen LogP contribution in [0.1, 0.15) is 0 Å². The molecule has 1 heterocycles. The normalized spacial score (nSPS) is 9.20. The Bertz CT molecular complexity index is 200. The van der Waals surface area contributed by atoms with E-state index in [1.54, 1.807) is 6.20 Å². The molecule has 0 amide bonds. The third kappa shape index (κ3) is 2.19. The van der Waals surface area contributed by atoms with Crippen molar-refractivity contribution in [2.45, 2.75) is 5.03 Å². The van der Waals surface area contributed by atoms with E-state index in [-0.39, 0.29) is 0 Å². The molecule has 3 heteroatoms. The van der Waals surface area contributed by atoms with Gasteiger partial charge in [0, 0.05) is 6.20 Å². The van der Waals surface area contributed by atoms with E-state index < -0.39 is 0 Å². The van der Waals surface area contributed by atoms with E-state index in [4.69, 9.17) is 0 Å². The van der Waals surface area contributed by atoms with Gasteiger partial charge in [-0.15, -0.1) is 0 Å². The first kappa shape index (κ1) is 7.28. The van der Waals surface area contributed by atoms with Gasteiger partial charge in [0.25, 0.3) is 0 Å². The highest BCUT2D eigenvalue weighted by Crippen LogP contribution is 2.11. The lowest BCUT2D eigenvalue weighted by Crippen LogP contribution is -1.80. The third-order valence-corrected chi connectivity index (χ3v) is 1.78. The van der Waals surface area contributed by atoms with Crippen LogP contribution in [0.15, 0.2) is 29.4 Å². The molecule has 0 saturated carbocycles. The Morgan fingerprint density at radius 1 is 1.60 bits per heavy atom. The summed E-state index contributed by atoms with van der Waals surface area (Å²) >= 11 is 1.44. The fourth-order valence-electron chi connectivity index (χ4n) is 0.552. The highest BCUT2D eigenvalue weighted by Gasteiger charge is 1.89. The maximum absolute atomic E-state index is 9.93. The Hall–Kier alpha value is -0.830. The van der Waals surface area contributed by atoms with E-state index in [2.05, 4.69) is 4.98 Å². The molecule has 0 bridgehead atoms. The number of nitrogens with zero attached hydrogens (tertiary/aromatic N) is 1. The van der Waals surface area contributed by atoms with Gasteiger partial charge in [-0.2, -0.15) is 0 Å². The first-order valence-electron chi connectivity index (χ1n) is 2.91. The van der Waals surface area contributed by atoms with Gasteiger partial charge in [0.15, 0.2) is 0 Å². The zero-order chi connectivity index (χ0) is 7.23. The number of thioether (sulfide) groups is 1. The summed E-state index contributed by atoms with van der Waals surface area (Å²) in [4.78, 5) is 13.9. The van der Waals surface area contributed by atoms with Gasteiger partial charge in [0.1, 0.15) is 6.29 Å². The number of rotatable bonds is 3. The lowest BCUT2D eigenvalue weighted by atomic mass is 10.5. The van der Waals surface area contributed by atoms with Gasteiger partial charge in [0.05, 0.1) is 10.8 Å². The molecule has 0 aromatic carbocycles. The van der Waals surface area contributed by atoms with Gasteiger partial charge in [-0.3, -0.25) is 0 Å². The summed E-state index contributed by atoms with van der Waals surface area (Å²) < 4.78 is 0. The summed E-state index contributed by atoms with van der Waals surface area (Å²) in [5.41, 5.74) is 0. The highest BCUT2D eigenvalue weighted by atomic mass is 32.2. The van der Waals surface area contributed by atoms with Gasteiger partial charge >= 0.3 is 0 Å². The van der Waals surface area contributed by atoms with Crippen LogP contribution >= 0.6 is 11.8 Å². The molecule has 52 valence electrons. The van der Waals surface area contributed by atoms with E-state index >= 15 is 0 Å². The first-order chi connectivity index (χ1) is 4.93. The molecule has 0 saturated heterocycles. The number of aldehydes is 1. The van der Waals surface area contributed by atoms with Gasteiger partial charge < -0.3 is 4.79 Å². The maximum atomic E-state index is 9.93. The Kier molecular flexibility index (Phi) is 2.96. The van der Waals surface area contributed by atoms with Crippen LogP contribution in [0.3, 0.4) is 0 Å². The fraction of sp³-hybridized carbons (Fsp3) is 0.143. The van der Waals surface area contributed by atoms with Crippen molar-refractivity contribution in [1.82, 2.24) is 4.98 Å². The van der Waals surface area contributed by atoms with Gasteiger partial charge in [0.2, 0.25) is 0 Å². The minimum Gasteiger partial charge on any atom is -0.302 e. The molecule has 0 fully saturated rings. The number of pyridine rings is 1. The molecule has 1 rings (SSSR count). The summed E-state index contributed by atoms with van der Waals surface area (Å²) in [5, 5.41) is 0.898. The molecule has 0 N–H and O–H groups in total. The number of hydrogen-bond donors (Lipinski definition) is 0. The number of carbonyl (C=O) groups excluding carboxylic acids is 1. The van der Waals surface area contributed by atoms with Crippen LogP contribution in [0, 0.1) is 0 Å². The van der Waals surface area contributed by atoms with E-state index in [0.717, 1.165) is 11.3 Å². The van der Waals surface area contributed by atoms with Crippen molar-refractivity contribution in [3.8, 4) is 0 Å². The summed E-state index contributed by atoms with van der Waals surface area (Å²) in [6.45, 7) is 0. The van der Waals surface area contributed by atoms with Crippen LogP contribution in [-0.4, -0.2) is 17.0 Å². The molecule has 2 nitrogen and oxygen atoms in total. The van der Waals surface area contributed by atoms with Gasteiger partial charge in [-0.1, -0.05) is 17.8 Å². The Balaban J connectivity index is 2.50. The summed E-state index contributed by atoms with van der Waals surface area (Å²) in [5.74, 6) is 0.483. The number of aromatic nitrogens is 1. The van der Waals surface area contributed by atoms with E-state index in [1.165, 1.54) is 11.8 Å². The second-order valence-corrected chi connectivity index (χ2v) is 2.69. The number of hydrogen-bond acceptors (Lipinski definition) is 3. The van der Waals surface area contributed by atoms with E-state index in [9.17, 15) is 4.79 Å². The molecular weight excluding hydrogens is 146 g/mol. The zero-order valence-electron chi connectivity index (χ0n) is 5.36. The van der Waals surface area contributed by atoms with Crippen molar-refractivity contribution in [3.05, 3.63) is 24.4 Å². The van der Waals surface area contributed by atoms with Crippen molar-refractivity contribution >= 4 is 18.0 Å². The van der Waals surface area contributed by atoms with Crippen LogP contribution in [0.25, 0.3) is 0 Å². The summed E-state index contributed by atoms with van der Waals surface area (Å²) in [7, 11) is 0. The predicted molar refractivity (Wildman–Crippen MR) is 41.0 cm³/mol. The first-order valence-corrected chi connectivity index (χ1v) is 3.89. The summed E-state index contributed by atoms with van der Waals surface area (Å²) in [6.07, 6.45) is 2.59. The number of carbonyl (C=O) groups is 1. The molecule has 0 unspecified atom stereocenters. The molecule has 0 atom stereocenters. The molecule has 1 aromatic rings. The minimum atomic E-state index is 0.483. The largest absolute Gasteiger partial charge is 0.302 e. The Morgan fingerprint density at radius 2 is 2.50 bits per heavy atom. The molecule has 0 aliphatic carbocycles. The molecular formula is C7H7NOS. The van der Waals surface area contributed by atoms with Gasteiger partial charge in [-0.25, -0.2) is 4.98 Å². The van der Waals surface area contributed by atoms with Gasteiger partial charge in [-0.05, 0) is 12.1 Å². The fourth-order valence-corrected chi connectivity index (χ4v) is 1.10. The smallest absolute Gasteiger partial charge is 0.130 e. The lowest BCUT2D eigenvalue weighted by Gasteiger charge is -1.91. The van der Waals surface area contributed by atoms with Crippen LogP contribution in [-0.2, 0) is 4.79 Å². The molecule has 0 aliphatic heterocycles. The van der Waals surface area contributed by atoms with Crippen LogP contribution < -0.4 is 0 Å². The van der Waals surface area contributed by atoms with Crippen LogP contribution in [0.5, 0.6) is 0 Å². The van der Waals surface area contributed by atoms with Crippen molar-refractivity contribution in [2.75, 3.05) is 5.75 Å². The van der Waals surface area contributed by atoms with Crippen LogP contribution in [0.2, 0.25) is 0 Å². The average Bonchev–Trinajstić information content (AvgIpc) is 2.03. The predicted octanol–water partition coefficient (Wildman–Crippen LogP) is 1.37. The Morgan fingerprint density at radius 3 is 3.10 bits per heavy atom. The van der Waals surface area contributed by atoms with E-state index in [0.29, 0.717) is 5.75 Å². The molecule has 0 radical (unpaired) electrons. The zero-order valence-corrected chi connectivity index (χ0v) is 6.17. The second kappa shape index (κ2) is 4.06. The van der Waals surface area contributed by atoms with Crippen molar-refractivity contribution in [2.24, 2.45) is 0 Å². The molecule has 0 spiro atoms. The monoisotopic (exact) mass is 153 g/mol. The topological polar surface area (TPSA) is 30.0 Å². The van der Waals surface area contributed by atoms with Crippen molar-refractivity contribution in [3.63, 3.8) is 0 Å². The minimum absolute atomic E-state index is 0.483. The van der Waals surface area contributed by atoms with Crippen LogP contribution in [0.4, 0.5) is 0 Å².